The van der Waals surface area contributed by atoms with Gasteiger partial charge in [-0.15, -0.1) is 23.2 Å². The molecule has 11 heteroatoms. The third-order valence-corrected chi connectivity index (χ3v) is 9.38. The number of carbonyl (C=O) groups excluding carboxylic acids is 4. The zero-order valence-corrected chi connectivity index (χ0v) is 22.4. The van der Waals surface area contributed by atoms with Crippen LogP contribution in [0.1, 0.15) is 39.5 Å². The minimum Gasteiger partial charge on any atom is -0.456 e. The summed E-state index contributed by atoms with van der Waals surface area (Å²) in [6, 6.07) is 17.8. The van der Waals surface area contributed by atoms with Crippen molar-refractivity contribution >= 4 is 52.5 Å². The lowest BCUT2D eigenvalue weighted by Crippen LogP contribution is -2.57. The number of hydrogen-bond acceptors (Lipinski definition) is 7. The van der Waals surface area contributed by atoms with E-state index < -0.39 is 62.7 Å². The van der Waals surface area contributed by atoms with Crippen LogP contribution in [0.25, 0.3) is 0 Å². The molecule has 0 N–H and O–H groups in total. The van der Waals surface area contributed by atoms with E-state index in [9.17, 15) is 29.3 Å². The maximum atomic E-state index is 13.9. The number of nitro groups is 1. The van der Waals surface area contributed by atoms with Crippen molar-refractivity contribution in [3.63, 3.8) is 0 Å². The lowest BCUT2D eigenvalue weighted by molar-refractivity contribution is -0.384. The number of benzene rings is 3. The molecule has 0 saturated carbocycles. The van der Waals surface area contributed by atoms with E-state index in [1.807, 2.05) is 0 Å². The number of halogens is 2. The van der Waals surface area contributed by atoms with Gasteiger partial charge in [0.25, 0.3) is 5.69 Å². The number of imide groups is 1. The highest BCUT2D eigenvalue weighted by Crippen LogP contribution is 2.69. The minimum atomic E-state index is -1.38. The first-order valence-corrected chi connectivity index (χ1v) is 13.2. The molecule has 1 aliphatic heterocycles. The van der Waals surface area contributed by atoms with Crippen molar-refractivity contribution in [2.45, 2.75) is 22.7 Å². The van der Waals surface area contributed by atoms with E-state index in [1.54, 1.807) is 48.5 Å². The fourth-order valence-corrected chi connectivity index (χ4v) is 7.38. The maximum Gasteiger partial charge on any atom is 0.329 e. The topological polar surface area (TPSA) is 124 Å². The molecule has 40 heavy (non-hydrogen) atoms. The van der Waals surface area contributed by atoms with Crippen molar-refractivity contribution in [3.8, 4) is 0 Å². The first-order valence-electron chi connectivity index (χ1n) is 12.4. The molecule has 0 unspecified atom stereocenters. The van der Waals surface area contributed by atoms with Gasteiger partial charge in [-0.3, -0.25) is 29.4 Å². The fourth-order valence-electron chi connectivity index (χ4n) is 6.29. The molecule has 202 valence electrons. The second-order valence-electron chi connectivity index (χ2n) is 10.0. The average Bonchev–Trinajstić information content (AvgIpc) is 3.24. The summed E-state index contributed by atoms with van der Waals surface area (Å²) in [6.45, 7) is 0.662. The molecule has 2 amide bonds. The van der Waals surface area contributed by atoms with Crippen LogP contribution in [-0.4, -0.2) is 46.0 Å². The molecule has 9 nitrogen and oxygen atoms in total. The minimum absolute atomic E-state index is 0.102. The number of esters is 1. The summed E-state index contributed by atoms with van der Waals surface area (Å²) in [5.74, 6) is -5.01. The zero-order valence-electron chi connectivity index (χ0n) is 20.9. The van der Waals surface area contributed by atoms with Crippen LogP contribution in [0.2, 0.25) is 0 Å². The molecule has 1 fully saturated rings. The number of rotatable bonds is 6. The molecule has 0 radical (unpaired) electrons. The van der Waals surface area contributed by atoms with Gasteiger partial charge >= 0.3 is 5.97 Å². The van der Waals surface area contributed by atoms with E-state index >= 15 is 0 Å². The molecule has 7 rings (SSSR count). The van der Waals surface area contributed by atoms with Gasteiger partial charge in [-0.1, -0.05) is 48.5 Å². The molecular weight excluding hydrogens is 559 g/mol. The van der Waals surface area contributed by atoms with Gasteiger partial charge < -0.3 is 4.74 Å². The molecule has 0 aromatic heterocycles. The first kappa shape index (κ1) is 26.2. The van der Waals surface area contributed by atoms with E-state index in [-0.39, 0.29) is 11.3 Å². The number of nitro benzene ring substituents is 1. The van der Waals surface area contributed by atoms with Crippen LogP contribution in [0.5, 0.6) is 0 Å². The highest BCUT2D eigenvalue weighted by atomic mass is 35.5. The van der Waals surface area contributed by atoms with Crippen LogP contribution in [0, 0.1) is 22.0 Å². The van der Waals surface area contributed by atoms with Crippen molar-refractivity contribution < 1.29 is 28.8 Å². The Kier molecular flexibility index (Phi) is 5.87. The second-order valence-corrected chi connectivity index (χ2v) is 11.2. The van der Waals surface area contributed by atoms with Crippen LogP contribution >= 0.6 is 23.2 Å². The van der Waals surface area contributed by atoms with Crippen molar-refractivity contribution in [1.29, 1.82) is 0 Å². The van der Waals surface area contributed by atoms with Gasteiger partial charge in [0.15, 0.2) is 12.4 Å². The molecule has 4 aliphatic rings. The van der Waals surface area contributed by atoms with E-state index in [2.05, 4.69) is 0 Å². The number of amides is 2. The van der Waals surface area contributed by atoms with E-state index in [1.165, 1.54) is 19.1 Å². The first-order chi connectivity index (χ1) is 19.0. The molecule has 1 heterocycles. The van der Waals surface area contributed by atoms with E-state index in [4.69, 9.17) is 27.9 Å². The standard InChI is InChI=1S/C29H20Cl2N2O7/c1-15(27(37)40-14-22(34)16-10-12-17(13-11-16)33(38)39)32-25(35)23-24(26(32)36)29(31)19-7-3-2-6-18(19)28(23,30)20-8-4-5-9-21(20)29/h2-13,15,23-24H,14H2,1H3/t15-,23-,24-,28?,29?/m1/s1. The van der Waals surface area contributed by atoms with E-state index in [0.29, 0.717) is 22.3 Å². The van der Waals surface area contributed by atoms with Crippen molar-refractivity contribution in [2.24, 2.45) is 11.8 Å². The number of ketones is 1. The predicted molar refractivity (Wildman–Crippen MR) is 143 cm³/mol. The summed E-state index contributed by atoms with van der Waals surface area (Å²) < 4.78 is 5.17. The lowest BCUT2D eigenvalue weighted by Gasteiger charge is -2.54. The lowest BCUT2D eigenvalue weighted by atomic mass is 9.54. The van der Waals surface area contributed by atoms with Crippen molar-refractivity contribution in [3.05, 3.63) is 111 Å². The maximum absolute atomic E-state index is 13.9. The molecule has 3 aliphatic carbocycles. The average molecular weight is 579 g/mol. The Hall–Kier alpha value is -4.08. The highest BCUT2D eigenvalue weighted by Gasteiger charge is 2.73. The normalized spacial score (nSPS) is 26.5. The molecule has 2 bridgehead atoms. The van der Waals surface area contributed by atoms with E-state index in [0.717, 1.165) is 17.0 Å². The van der Waals surface area contributed by atoms with Crippen LogP contribution < -0.4 is 0 Å². The molecule has 1 saturated heterocycles. The van der Waals surface area contributed by atoms with Gasteiger partial charge in [-0.05, 0) is 41.3 Å². The fraction of sp³-hybridized carbons (Fsp3) is 0.241. The molecule has 3 atom stereocenters. The number of hydrogen-bond donors (Lipinski definition) is 0. The second kappa shape index (κ2) is 8.97. The molecule has 0 spiro atoms. The van der Waals surface area contributed by atoms with Crippen LogP contribution in [0.3, 0.4) is 0 Å². The summed E-state index contributed by atoms with van der Waals surface area (Å²) in [5, 5.41) is 10.8. The van der Waals surface area contributed by atoms with Crippen LogP contribution in [0.15, 0.2) is 72.8 Å². The Morgan fingerprint density at radius 2 is 1.30 bits per heavy atom. The Morgan fingerprint density at radius 3 is 1.70 bits per heavy atom. The van der Waals surface area contributed by atoms with Crippen LogP contribution in [-0.2, 0) is 28.9 Å². The SMILES string of the molecule is C[C@H](C(=O)OCC(=O)c1ccc([N+](=O)[O-])cc1)N1C(=O)[C@H]2[C@H](C1=O)C1(Cl)c3ccccc3C2(Cl)c2ccccc21. The summed E-state index contributed by atoms with van der Waals surface area (Å²) in [6.07, 6.45) is 0. The Balaban J connectivity index is 1.29. The summed E-state index contributed by atoms with van der Waals surface area (Å²) in [4.78, 5) is 61.7. The Bertz CT molecular complexity index is 1520. The number of non-ortho nitro benzene ring substituents is 1. The number of alkyl halides is 2. The van der Waals surface area contributed by atoms with Crippen molar-refractivity contribution in [2.75, 3.05) is 6.61 Å². The zero-order chi connectivity index (χ0) is 28.6. The van der Waals surface area contributed by atoms with Gasteiger partial charge in [0.05, 0.1) is 16.8 Å². The number of likely N-dealkylation sites (tertiary alicyclic amines) is 1. The predicted octanol–water partition coefficient (Wildman–Crippen LogP) is 4.30. The van der Waals surface area contributed by atoms with Crippen LogP contribution in [0.4, 0.5) is 5.69 Å². The molecule has 3 aromatic carbocycles. The number of nitrogens with zero attached hydrogens (tertiary/aromatic N) is 2. The largest absolute Gasteiger partial charge is 0.456 e. The summed E-state index contributed by atoms with van der Waals surface area (Å²) in [7, 11) is 0. The Labute approximate surface area is 237 Å². The Morgan fingerprint density at radius 1 is 0.875 bits per heavy atom. The third kappa shape index (κ3) is 3.34. The highest BCUT2D eigenvalue weighted by molar-refractivity contribution is 6.36. The number of ether oxygens (including phenoxy) is 1. The van der Waals surface area contributed by atoms with Crippen molar-refractivity contribution in [1.82, 2.24) is 4.90 Å². The van der Waals surface area contributed by atoms with Gasteiger partial charge in [-0.2, -0.15) is 0 Å². The third-order valence-electron chi connectivity index (χ3n) is 8.09. The van der Waals surface area contributed by atoms with Gasteiger partial charge in [0.2, 0.25) is 11.8 Å². The van der Waals surface area contributed by atoms with Gasteiger partial charge in [-0.25, -0.2) is 4.79 Å². The van der Waals surface area contributed by atoms with Gasteiger partial charge in [0, 0.05) is 17.7 Å². The molecular formula is C29H20Cl2N2O7. The monoisotopic (exact) mass is 578 g/mol. The smallest absolute Gasteiger partial charge is 0.329 e. The summed E-state index contributed by atoms with van der Waals surface area (Å²) in [5.41, 5.74) is 2.46. The quantitative estimate of drug-likeness (QED) is 0.107. The molecule has 3 aromatic rings. The number of carbonyl (C=O) groups is 4. The van der Waals surface area contributed by atoms with Gasteiger partial charge in [0.1, 0.15) is 15.8 Å². The summed E-state index contributed by atoms with van der Waals surface area (Å²) >= 11 is 14.7. The number of Topliss-reactive ketones (excluding diaryl/α,β-unsaturated/α-hetero) is 1.